The topological polar surface area (TPSA) is 102 Å². The molecule has 1 atom stereocenters. The molecule has 8 nitrogen and oxygen atoms in total. The third-order valence-electron chi connectivity index (χ3n) is 6.88. The van der Waals surface area contributed by atoms with Gasteiger partial charge in [-0.2, -0.15) is 10.4 Å². The number of ether oxygens (including phenoxy) is 1. The molecular weight excluding hydrogens is 468 g/mol. The second-order valence-corrected chi connectivity index (χ2v) is 16.3. The van der Waals surface area contributed by atoms with Crippen LogP contribution >= 0.6 is 0 Å². The van der Waals surface area contributed by atoms with E-state index in [9.17, 15) is 5.26 Å². The van der Waals surface area contributed by atoms with Crippen molar-refractivity contribution in [3.63, 3.8) is 0 Å². The number of aromatic nitrogens is 4. The predicted octanol–water partition coefficient (Wildman–Crippen LogP) is 5.99. The summed E-state index contributed by atoms with van der Waals surface area (Å²) in [4.78, 5) is 8.90. The highest BCUT2D eigenvalue weighted by molar-refractivity contribution is 6.76. The van der Waals surface area contributed by atoms with Crippen molar-refractivity contribution < 1.29 is 9.15 Å². The Bertz CT molecular complexity index is 1450. The zero-order valence-corrected chi connectivity index (χ0v) is 22.6. The molecule has 0 aliphatic heterocycles. The largest absolute Gasteiger partial charge is 0.442 e. The number of anilines is 1. The van der Waals surface area contributed by atoms with Crippen LogP contribution in [0.5, 0.6) is 0 Å². The number of hydrogen-bond acceptors (Lipinski definition) is 7. The van der Waals surface area contributed by atoms with Gasteiger partial charge in [-0.05, 0) is 62.1 Å². The number of rotatable bonds is 8. The summed E-state index contributed by atoms with van der Waals surface area (Å²) in [5.74, 6) is 0.626. The first-order chi connectivity index (χ1) is 17.2. The van der Waals surface area contributed by atoms with Gasteiger partial charge in [0.15, 0.2) is 12.2 Å². The van der Waals surface area contributed by atoms with Crippen LogP contribution in [-0.4, -0.2) is 34.4 Å². The number of benzene rings is 1. The van der Waals surface area contributed by atoms with Crippen molar-refractivity contribution in [2.24, 2.45) is 0 Å². The number of aryl methyl sites for hydroxylation is 1. The van der Waals surface area contributed by atoms with Gasteiger partial charge in [-0.3, -0.25) is 4.98 Å². The summed E-state index contributed by atoms with van der Waals surface area (Å²) < 4.78 is 13.5. The van der Waals surface area contributed by atoms with Crippen LogP contribution < -0.4 is 5.32 Å². The van der Waals surface area contributed by atoms with Crippen molar-refractivity contribution in [3.8, 4) is 17.5 Å². The Hall–Kier alpha value is -3.48. The molecule has 0 amide bonds. The average Bonchev–Trinajstić information content (AvgIpc) is 3.56. The molecular formula is C27H32N6O2Si. The Balaban J connectivity index is 1.44. The molecule has 1 aliphatic rings. The van der Waals surface area contributed by atoms with Crippen molar-refractivity contribution in [1.29, 1.82) is 5.26 Å². The second-order valence-electron chi connectivity index (χ2n) is 10.7. The van der Waals surface area contributed by atoms with Gasteiger partial charge in [-0.25, -0.2) is 9.67 Å². The number of pyridine rings is 1. The van der Waals surface area contributed by atoms with Crippen molar-refractivity contribution in [2.75, 3.05) is 11.9 Å². The van der Waals surface area contributed by atoms with Gasteiger partial charge in [0.2, 0.25) is 0 Å². The summed E-state index contributed by atoms with van der Waals surface area (Å²) in [6.07, 6.45) is 4.97. The van der Waals surface area contributed by atoms with E-state index in [0.29, 0.717) is 18.1 Å². The molecule has 0 saturated heterocycles. The molecule has 9 heteroatoms. The molecule has 0 saturated carbocycles. The zero-order chi connectivity index (χ0) is 25.4. The molecule has 0 spiro atoms. The summed E-state index contributed by atoms with van der Waals surface area (Å²) >= 11 is 0. The van der Waals surface area contributed by atoms with E-state index >= 15 is 0 Å². The van der Waals surface area contributed by atoms with Crippen LogP contribution in [0.1, 0.15) is 40.5 Å². The van der Waals surface area contributed by atoms with Gasteiger partial charge in [0.05, 0.1) is 34.7 Å². The summed E-state index contributed by atoms with van der Waals surface area (Å²) in [6, 6.07) is 9.78. The smallest absolute Gasteiger partial charge is 0.181 e. The first-order valence-corrected chi connectivity index (χ1v) is 16.1. The van der Waals surface area contributed by atoms with E-state index < -0.39 is 8.07 Å². The minimum Gasteiger partial charge on any atom is -0.442 e. The normalized spacial score (nSPS) is 15.3. The Labute approximate surface area is 212 Å². The van der Waals surface area contributed by atoms with Gasteiger partial charge >= 0.3 is 0 Å². The van der Waals surface area contributed by atoms with Crippen LogP contribution in [-0.2, 0) is 17.9 Å². The SMILES string of the molecule is Cc1nc2c(c(C)c1C#N)CCC2Nc1ccc2c(c1)c(-c1cnco1)nn2COCC[Si](C)(C)C. The summed E-state index contributed by atoms with van der Waals surface area (Å²) in [7, 11) is -1.16. The van der Waals surface area contributed by atoms with Crippen molar-refractivity contribution in [1.82, 2.24) is 19.7 Å². The molecule has 5 rings (SSSR count). The summed E-state index contributed by atoms with van der Waals surface area (Å²) in [6.45, 7) is 12.1. The standard InChI is InChI=1S/C27H32N6O2Si/c1-17-20-7-8-23(26(20)30-18(2)22(17)13-28)31-19-6-9-24-21(12-19)27(25-14-29-15-35-25)32-33(24)16-34-10-11-36(3,4)5/h6,9,12,14-15,23,31H,7-8,10-11,16H2,1-5H3. The predicted molar refractivity (Wildman–Crippen MR) is 142 cm³/mol. The number of nitriles is 1. The molecule has 3 heterocycles. The van der Waals surface area contributed by atoms with E-state index in [1.807, 2.05) is 18.5 Å². The van der Waals surface area contributed by atoms with Gasteiger partial charge in [0, 0.05) is 25.8 Å². The lowest BCUT2D eigenvalue weighted by molar-refractivity contribution is 0.0818. The second kappa shape index (κ2) is 9.52. The molecule has 0 bridgehead atoms. The average molecular weight is 501 g/mol. The quantitative estimate of drug-likeness (QED) is 0.234. The Morgan fingerprint density at radius 2 is 2.11 bits per heavy atom. The monoisotopic (exact) mass is 500 g/mol. The Kier molecular flexibility index (Phi) is 6.41. The van der Waals surface area contributed by atoms with Crippen LogP contribution in [0.2, 0.25) is 25.7 Å². The fraction of sp³-hybridized carbons (Fsp3) is 0.407. The molecule has 0 radical (unpaired) electrons. The van der Waals surface area contributed by atoms with Gasteiger partial charge in [0.1, 0.15) is 18.5 Å². The van der Waals surface area contributed by atoms with Crippen molar-refractivity contribution >= 4 is 24.7 Å². The third-order valence-corrected chi connectivity index (χ3v) is 8.58. The number of fused-ring (bicyclic) bond motifs is 2. The molecule has 1 aliphatic carbocycles. The molecule has 1 N–H and O–H groups in total. The molecule has 186 valence electrons. The highest BCUT2D eigenvalue weighted by Gasteiger charge is 2.28. The fourth-order valence-electron chi connectivity index (χ4n) is 4.87. The first kappa shape index (κ1) is 24.2. The maximum absolute atomic E-state index is 9.51. The van der Waals surface area contributed by atoms with E-state index in [0.717, 1.165) is 64.7 Å². The van der Waals surface area contributed by atoms with Crippen LogP contribution in [0.4, 0.5) is 5.69 Å². The third kappa shape index (κ3) is 4.66. The van der Waals surface area contributed by atoms with Crippen molar-refractivity contribution in [2.45, 2.75) is 65.1 Å². The number of nitrogens with zero attached hydrogens (tertiary/aromatic N) is 5. The lowest BCUT2D eigenvalue weighted by atomic mass is 10.0. The molecule has 3 aromatic heterocycles. The van der Waals surface area contributed by atoms with Crippen molar-refractivity contribution in [3.05, 3.63) is 58.9 Å². The van der Waals surface area contributed by atoms with Crippen LogP contribution in [0.25, 0.3) is 22.4 Å². The van der Waals surface area contributed by atoms with E-state index in [1.165, 1.54) is 12.0 Å². The van der Waals surface area contributed by atoms with Gasteiger partial charge < -0.3 is 14.5 Å². The number of hydrogen-bond donors (Lipinski definition) is 1. The fourth-order valence-corrected chi connectivity index (χ4v) is 5.62. The van der Waals surface area contributed by atoms with E-state index in [1.54, 1.807) is 6.20 Å². The van der Waals surface area contributed by atoms with E-state index in [2.05, 4.69) is 54.2 Å². The van der Waals surface area contributed by atoms with Gasteiger partial charge in [-0.15, -0.1) is 0 Å². The number of nitrogens with one attached hydrogen (secondary N) is 1. The lowest BCUT2D eigenvalue weighted by Gasteiger charge is -2.17. The Morgan fingerprint density at radius 3 is 2.83 bits per heavy atom. The molecule has 1 aromatic carbocycles. The summed E-state index contributed by atoms with van der Waals surface area (Å²) in [5, 5.41) is 19.0. The van der Waals surface area contributed by atoms with Crippen LogP contribution in [0.15, 0.2) is 35.2 Å². The minimum atomic E-state index is -1.16. The molecule has 4 aromatic rings. The molecule has 1 unspecified atom stereocenters. The number of oxazole rings is 1. The maximum Gasteiger partial charge on any atom is 0.181 e. The van der Waals surface area contributed by atoms with E-state index in [-0.39, 0.29) is 6.04 Å². The maximum atomic E-state index is 9.51. The van der Waals surface area contributed by atoms with E-state index in [4.69, 9.17) is 19.2 Å². The van der Waals surface area contributed by atoms with Crippen LogP contribution in [0, 0.1) is 25.2 Å². The Morgan fingerprint density at radius 1 is 1.28 bits per heavy atom. The summed E-state index contributed by atoms with van der Waals surface area (Å²) in [5.41, 5.74) is 7.51. The van der Waals surface area contributed by atoms with Gasteiger partial charge in [-0.1, -0.05) is 19.6 Å². The van der Waals surface area contributed by atoms with Gasteiger partial charge in [0.25, 0.3) is 0 Å². The lowest BCUT2D eigenvalue weighted by Crippen LogP contribution is -2.22. The zero-order valence-electron chi connectivity index (χ0n) is 21.6. The highest BCUT2D eigenvalue weighted by atomic mass is 28.3. The minimum absolute atomic E-state index is 0.0938. The molecule has 36 heavy (non-hydrogen) atoms. The highest BCUT2D eigenvalue weighted by Crippen LogP contribution is 2.37. The first-order valence-electron chi connectivity index (χ1n) is 12.4. The van der Waals surface area contributed by atoms with Crippen LogP contribution in [0.3, 0.4) is 0 Å². The molecule has 0 fully saturated rings.